The number of aromatic nitrogens is 3. The van der Waals surface area contributed by atoms with Crippen molar-refractivity contribution >= 4 is 22.6 Å². The van der Waals surface area contributed by atoms with Crippen LogP contribution in [0.5, 0.6) is 11.5 Å². The number of ether oxygens (including phenoxy) is 2. The maximum Gasteiger partial charge on any atom is 0.333 e. The molecule has 4 aromatic rings. The summed E-state index contributed by atoms with van der Waals surface area (Å²) in [6.07, 6.45) is 1.50. The largest absolute Gasteiger partial charge is 0.497 e. The summed E-state index contributed by atoms with van der Waals surface area (Å²) in [5, 5.41) is 2.76. The summed E-state index contributed by atoms with van der Waals surface area (Å²) >= 11 is 0. The van der Waals surface area contributed by atoms with Gasteiger partial charge in [-0.3, -0.25) is 9.59 Å². The second-order valence-corrected chi connectivity index (χ2v) is 7.30. The van der Waals surface area contributed by atoms with Crippen molar-refractivity contribution in [3.8, 4) is 17.2 Å². The topological polar surface area (TPSA) is 107 Å². The average molecular weight is 434 g/mol. The summed E-state index contributed by atoms with van der Waals surface area (Å²) in [6.45, 7) is 1.92. The molecule has 0 radical (unpaired) electrons. The highest BCUT2D eigenvalue weighted by molar-refractivity contribution is 6.12. The minimum Gasteiger partial charge on any atom is -0.497 e. The van der Waals surface area contributed by atoms with Crippen LogP contribution in [-0.2, 0) is 7.05 Å². The van der Waals surface area contributed by atoms with Gasteiger partial charge in [0.25, 0.3) is 11.5 Å². The molecule has 164 valence electrons. The fraction of sp³-hybridized carbons (Fsp3) is 0.174. The van der Waals surface area contributed by atoms with Crippen LogP contribution in [0.25, 0.3) is 16.7 Å². The minimum atomic E-state index is -0.634. The van der Waals surface area contributed by atoms with Crippen LogP contribution in [0.2, 0.25) is 0 Å². The first-order valence-electron chi connectivity index (χ1n) is 9.79. The van der Waals surface area contributed by atoms with Crippen molar-refractivity contribution < 1.29 is 14.3 Å². The van der Waals surface area contributed by atoms with E-state index < -0.39 is 17.2 Å². The van der Waals surface area contributed by atoms with Gasteiger partial charge in [-0.2, -0.15) is 0 Å². The van der Waals surface area contributed by atoms with Crippen molar-refractivity contribution in [1.82, 2.24) is 14.1 Å². The molecular formula is C23H22N4O5. The third-order valence-corrected chi connectivity index (χ3v) is 5.21. The van der Waals surface area contributed by atoms with E-state index in [1.165, 1.54) is 25.0 Å². The SMILES string of the molecule is COc1ccc(OC)c(NC(=O)c2cn(C)c3c(=O)n(-c4ccc(C)cc4)c(=O)[nH]c23)c1. The molecule has 0 spiro atoms. The molecule has 0 unspecified atom stereocenters. The Morgan fingerprint density at radius 3 is 2.41 bits per heavy atom. The first kappa shape index (κ1) is 21.0. The number of fused-ring (bicyclic) bond motifs is 1. The van der Waals surface area contributed by atoms with E-state index in [9.17, 15) is 14.4 Å². The van der Waals surface area contributed by atoms with Gasteiger partial charge < -0.3 is 24.3 Å². The normalized spacial score (nSPS) is 10.9. The van der Waals surface area contributed by atoms with Gasteiger partial charge >= 0.3 is 5.69 Å². The molecule has 0 atom stereocenters. The molecular weight excluding hydrogens is 412 g/mol. The Morgan fingerprint density at radius 1 is 1.03 bits per heavy atom. The highest BCUT2D eigenvalue weighted by Gasteiger charge is 2.21. The number of hydrogen-bond donors (Lipinski definition) is 2. The molecule has 0 aliphatic heterocycles. The molecule has 0 aliphatic rings. The molecule has 4 rings (SSSR count). The van der Waals surface area contributed by atoms with Crippen LogP contribution in [0, 0.1) is 6.92 Å². The second kappa shape index (κ2) is 8.10. The summed E-state index contributed by atoms with van der Waals surface area (Å²) in [5.74, 6) is 0.466. The number of nitrogens with one attached hydrogen (secondary N) is 2. The Bertz CT molecular complexity index is 1440. The zero-order valence-corrected chi connectivity index (χ0v) is 18.1. The van der Waals surface area contributed by atoms with Crippen LogP contribution >= 0.6 is 0 Å². The van der Waals surface area contributed by atoms with Crippen LogP contribution in [0.15, 0.2) is 58.3 Å². The minimum absolute atomic E-state index is 0.151. The first-order chi connectivity index (χ1) is 15.3. The molecule has 2 N–H and O–H groups in total. The van der Waals surface area contributed by atoms with Gasteiger partial charge in [0.15, 0.2) is 0 Å². The Labute approximate surface area is 182 Å². The van der Waals surface area contributed by atoms with Gasteiger partial charge in [-0.05, 0) is 31.2 Å². The van der Waals surface area contributed by atoms with Crippen molar-refractivity contribution in [3.63, 3.8) is 0 Å². The molecule has 2 aromatic carbocycles. The molecule has 2 heterocycles. The van der Waals surface area contributed by atoms with Gasteiger partial charge in [-0.25, -0.2) is 9.36 Å². The number of hydrogen-bond acceptors (Lipinski definition) is 5. The van der Waals surface area contributed by atoms with Crippen LogP contribution in [-0.4, -0.2) is 34.2 Å². The Kier molecular flexibility index (Phi) is 5.31. The fourth-order valence-corrected chi connectivity index (χ4v) is 3.57. The summed E-state index contributed by atoms with van der Waals surface area (Å²) in [4.78, 5) is 41.7. The lowest BCUT2D eigenvalue weighted by Crippen LogP contribution is -2.34. The predicted octanol–water partition coefficient (Wildman–Crippen LogP) is 2.60. The van der Waals surface area contributed by atoms with Gasteiger partial charge in [0.1, 0.15) is 17.0 Å². The van der Waals surface area contributed by atoms with E-state index in [-0.39, 0.29) is 16.6 Å². The quantitative estimate of drug-likeness (QED) is 0.502. The monoisotopic (exact) mass is 434 g/mol. The van der Waals surface area contributed by atoms with E-state index in [0.717, 1.165) is 10.1 Å². The van der Waals surface area contributed by atoms with Crippen LogP contribution in [0.1, 0.15) is 15.9 Å². The first-order valence-corrected chi connectivity index (χ1v) is 9.79. The van der Waals surface area contributed by atoms with Crippen molar-refractivity contribution in [2.24, 2.45) is 7.05 Å². The van der Waals surface area contributed by atoms with Gasteiger partial charge in [0.2, 0.25) is 0 Å². The third kappa shape index (κ3) is 3.53. The maximum absolute atomic E-state index is 13.2. The fourth-order valence-electron chi connectivity index (χ4n) is 3.57. The Hall–Kier alpha value is -4.27. The van der Waals surface area contributed by atoms with Crippen molar-refractivity contribution in [1.29, 1.82) is 0 Å². The molecule has 1 amide bonds. The van der Waals surface area contributed by atoms with Crippen LogP contribution in [0.3, 0.4) is 0 Å². The summed E-state index contributed by atoms with van der Waals surface area (Å²) < 4.78 is 13.1. The van der Waals surface area contributed by atoms with Gasteiger partial charge in [0.05, 0.1) is 36.7 Å². The third-order valence-electron chi connectivity index (χ3n) is 5.21. The highest BCUT2D eigenvalue weighted by atomic mass is 16.5. The van der Waals surface area contributed by atoms with Gasteiger partial charge in [-0.15, -0.1) is 0 Å². The number of H-pyrrole nitrogens is 1. The van der Waals surface area contributed by atoms with Gasteiger partial charge in [-0.1, -0.05) is 17.7 Å². The lowest BCUT2D eigenvalue weighted by atomic mass is 10.2. The lowest BCUT2D eigenvalue weighted by Gasteiger charge is -2.11. The number of rotatable bonds is 5. The average Bonchev–Trinajstić information content (AvgIpc) is 3.11. The predicted molar refractivity (Wildman–Crippen MR) is 121 cm³/mol. The summed E-state index contributed by atoms with van der Waals surface area (Å²) in [5.41, 5.74) is 1.20. The van der Waals surface area contributed by atoms with Crippen molar-refractivity contribution in [3.05, 3.63) is 80.6 Å². The molecule has 0 aliphatic carbocycles. The van der Waals surface area contributed by atoms with E-state index >= 15 is 0 Å². The lowest BCUT2D eigenvalue weighted by molar-refractivity contribution is 0.102. The molecule has 9 nitrogen and oxygen atoms in total. The summed E-state index contributed by atoms with van der Waals surface area (Å²) in [7, 11) is 4.65. The van der Waals surface area contributed by atoms with E-state index in [1.54, 1.807) is 37.4 Å². The molecule has 0 bridgehead atoms. The molecule has 0 fully saturated rings. The number of nitrogens with zero attached hydrogens (tertiary/aromatic N) is 2. The molecule has 2 aromatic heterocycles. The smallest absolute Gasteiger partial charge is 0.333 e. The number of aromatic amines is 1. The standard InChI is InChI=1S/C23H22N4O5/c1-13-5-7-14(8-6-13)27-22(29)20-19(25-23(27)30)16(12-26(20)2)21(28)24-17-11-15(31-3)9-10-18(17)32-4/h5-12H,1-4H3,(H,24,28)(H,25,30). The van der Waals surface area contributed by atoms with E-state index in [2.05, 4.69) is 10.3 Å². The van der Waals surface area contributed by atoms with E-state index in [1.807, 2.05) is 19.1 Å². The number of anilines is 1. The molecule has 0 saturated heterocycles. The summed E-state index contributed by atoms with van der Waals surface area (Å²) in [6, 6.07) is 12.0. The molecule has 32 heavy (non-hydrogen) atoms. The van der Waals surface area contributed by atoms with Crippen LogP contribution < -0.4 is 26.0 Å². The van der Waals surface area contributed by atoms with E-state index in [4.69, 9.17) is 9.47 Å². The molecule has 0 saturated carbocycles. The number of aryl methyl sites for hydroxylation is 2. The van der Waals surface area contributed by atoms with Crippen LogP contribution in [0.4, 0.5) is 5.69 Å². The second-order valence-electron chi connectivity index (χ2n) is 7.30. The number of benzene rings is 2. The highest BCUT2D eigenvalue weighted by Crippen LogP contribution is 2.29. The van der Waals surface area contributed by atoms with Crippen molar-refractivity contribution in [2.45, 2.75) is 6.92 Å². The molecule has 9 heteroatoms. The van der Waals surface area contributed by atoms with Gasteiger partial charge in [0, 0.05) is 19.3 Å². The zero-order valence-electron chi connectivity index (χ0n) is 18.1. The zero-order chi connectivity index (χ0) is 23.0. The Morgan fingerprint density at radius 2 is 1.75 bits per heavy atom. The Balaban J connectivity index is 1.82. The number of carbonyl (C=O) groups is 1. The van der Waals surface area contributed by atoms with E-state index in [0.29, 0.717) is 22.9 Å². The number of amides is 1. The number of carbonyl (C=O) groups excluding carboxylic acids is 1. The number of methoxy groups -OCH3 is 2. The maximum atomic E-state index is 13.2. The van der Waals surface area contributed by atoms with Crippen molar-refractivity contribution in [2.75, 3.05) is 19.5 Å².